The summed E-state index contributed by atoms with van der Waals surface area (Å²) in [6.07, 6.45) is 2.66. The fourth-order valence-corrected chi connectivity index (χ4v) is 2.67. The lowest BCUT2D eigenvalue weighted by atomic mass is 10.0. The highest BCUT2D eigenvalue weighted by Gasteiger charge is 2.15. The number of benzene rings is 1. The molecule has 0 aliphatic carbocycles. The Morgan fingerprint density at radius 3 is 2.56 bits per heavy atom. The summed E-state index contributed by atoms with van der Waals surface area (Å²) >= 11 is 0. The minimum absolute atomic E-state index is 0.625. The van der Waals surface area contributed by atoms with E-state index >= 15 is 0 Å². The summed E-state index contributed by atoms with van der Waals surface area (Å²) in [5.41, 5.74) is 2.85. The van der Waals surface area contributed by atoms with Crippen molar-refractivity contribution in [1.29, 1.82) is 0 Å². The first-order chi connectivity index (χ1) is 8.65. The molecule has 100 valence electrons. The van der Waals surface area contributed by atoms with Crippen LogP contribution in [0.4, 0.5) is 0 Å². The van der Waals surface area contributed by atoms with Gasteiger partial charge < -0.3 is 10.2 Å². The second kappa shape index (κ2) is 6.35. The molecule has 1 saturated heterocycles. The van der Waals surface area contributed by atoms with Gasteiger partial charge >= 0.3 is 0 Å². The predicted octanol–water partition coefficient (Wildman–Crippen LogP) is 2.99. The Morgan fingerprint density at radius 1 is 1.28 bits per heavy atom. The van der Waals surface area contributed by atoms with Crippen molar-refractivity contribution < 1.29 is 0 Å². The first-order valence-corrected chi connectivity index (χ1v) is 7.16. The minimum Gasteiger partial charge on any atom is -0.313 e. The lowest BCUT2D eigenvalue weighted by Crippen LogP contribution is -2.34. The van der Waals surface area contributed by atoms with E-state index in [1.807, 2.05) is 0 Å². The maximum absolute atomic E-state index is 3.56. The summed E-state index contributed by atoms with van der Waals surface area (Å²) in [7, 11) is 2.22. The van der Waals surface area contributed by atoms with Crippen molar-refractivity contribution in [1.82, 2.24) is 10.2 Å². The fraction of sp³-hybridized carbons (Fsp3) is 0.625. The van der Waals surface area contributed by atoms with E-state index in [-0.39, 0.29) is 0 Å². The molecule has 2 heteroatoms. The van der Waals surface area contributed by atoms with Gasteiger partial charge in [-0.25, -0.2) is 0 Å². The van der Waals surface area contributed by atoms with Crippen LogP contribution in [0.15, 0.2) is 24.3 Å². The molecule has 1 fully saturated rings. The van der Waals surface area contributed by atoms with E-state index in [4.69, 9.17) is 0 Å². The summed E-state index contributed by atoms with van der Waals surface area (Å²) in [6, 6.07) is 9.77. The Bertz CT molecular complexity index is 350. The number of likely N-dealkylation sites (N-methyl/N-ethyl adjacent to an activating group) is 1. The van der Waals surface area contributed by atoms with Crippen LogP contribution in [0.25, 0.3) is 0 Å². The van der Waals surface area contributed by atoms with Gasteiger partial charge in [0.25, 0.3) is 0 Å². The predicted molar refractivity (Wildman–Crippen MR) is 77.9 cm³/mol. The van der Waals surface area contributed by atoms with E-state index in [9.17, 15) is 0 Å². The molecule has 1 atom stereocenters. The van der Waals surface area contributed by atoms with Crippen LogP contribution in [0.1, 0.15) is 43.7 Å². The van der Waals surface area contributed by atoms with Crippen LogP contribution in [0.5, 0.6) is 0 Å². The van der Waals surface area contributed by atoms with Gasteiger partial charge in [-0.2, -0.15) is 0 Å². The Hall–Kier alpha value is -0.860. The normalized spacial score (nSPS) is 19.9. The van der Waals surface area contributed by atoms with Gasteiger partial charge in [0.05, 0.1) is 0 Å². The third-order valence-electron chi connectivity index (χ3n) is 3.79. The molecule has 0 aromatic heterocycles. The molecular weight excluding hydrogens is 220 g/mol. The van der Waals surface area contributed by atoms with E-state index in [1.165, 1.54) is 30.5 Å². The molecule has 1 aromatic rings. The Balaban J connectivity index is 1.84. The molecular formula is C16H26N2. The van der Waals surface area contributed by atoms with Crippen molar-refractivity contribution >= 4 is 0 Å². The van der Waals surface area contributed by atoms with E-state index in [2.05, 4.69) is 55.4 Å². The van der Waals surface area contributed by atoms with Crippen molar-refractivity contribution in [3.63, 3.8) is 0 Å². The van der Waals surface area contributed by atoms with Crippen LogP contribution in [-0.4, -0.2) is 31.1 Å². The first kappa shape index (κ1) is 13.6. The molecule has 1 aliphatic rings. The maximum Gasteiger partial charge on any atom is 0.0231 e. The van der Waals surface area contributed by atoms with Gasteiger partial charge in [0.2, 0.25) is 0 Å². The van der Waals surface area contributed by atoms with Crippen LogP contribution < -0.4 is 5.32 Å². The molecule has 2 nitrogen and oxygen atoms in total. The zero-order valence-electron chi connectivity index (χ0n) is 11.9. The molecule has 1 aromatic carbocycles. The third kappa shape index (κ3) is 3.82. The van der Waals surface area contributed by atoms with Crippen molar-refractivity contribution in [2.45, 2.75) is 45.2 Å². The zero-order valence-corrected chi connectivity index (χ0v) is 11.9. The smallest absolute Gasteiger partial charge is 0.0231 e. The quantitative estimate of drug-likeness (QED) is 0.859. The van der Waals surface area contributed by atoms with Crippen molar-refractivity contribution in [3.8, 4) is 0 Å². The van der Waals surface area contributed by atoms with Crippen LogP contribution in [0.3, 0.4) is 0 Å². The monoisotopic (exact) mass is 246 g/mol. The second-order valence-electron chi connectivity index (χ2n) is 5.89. The number of hydrogen-bond acceptors (Lipinski definition) is 2. The maximum atomic E-state index is 3.56. The Kier molecular flexibility index (Phi) is 4.79. The van der Waals surface area contributed by atoms with Crippen molar-refractivity contribution in [3.05, 3.63) is 35.4 Å². The molecule has 18 heavy (non-hydrogen) atoms. The van der Waals surface area contributed by atoms with Crippen molar-refractivity contribution in [2.24, 2.45) is 0 Å². The minimum atomic E-state index is 0.625. The van der Waals surface area contributed by atoms with Gasteiger partial charge in [-0.1, -0.05) is 38.1 Å². The molecule has 0 saturated carbocycles. The molecule has 0 amide bonds. The summed E-state index contributed by atoms with van der Waals surface area (Å²) < 4.78 is 0. The van der Waals surface area contributed by atoms with Gasteiger partial charge in [-0.15, -0.1) is 0 Å². The molecule has 0 bridgehead atoms. The first-order valence-electron chi connectivity index (χ1n) is 7.16. The number of nitrogens with zero attached hydrogens (tertiary/aromatic N) is 1. The molecule has 2 rings (SSSR count). The van der Waals surface area contributed by atoms with Crippen LogP contribution in [0.2, 0.25) is 0 Å². The highest BCUT2D eigenvalue weighted by Crippen LogP contribution is 2.15. The van der Waals surface area contributed by atoms with Gasteiger partial charge in [0, 0.05) is 19.1 Å². The van der Waals surface area contributed by atoms with Crippen LogP contribution in [-0.2, 0) is 6.54 Å². The lowest BCUT2D eigenvalue weighted by molar-refractivity contribution is 0.293. The van der Waals surface area contributed by atoms with E-state index < -0.39 is 0 Å². The topological polar surface area (TPSA) is 15.3 Å². The van der Waals surface area contributed by atoms with Crippen LogP contribution >= 0.6 is 0 Å². The number of hydrogen-bond donors (Lipinski definition) is 1. The summed E-state index contributed by atoms with van der Waals surface area (Å²) in [5, 5.41) is 3.56. The Morgan fingerprint density at radius 2 is 2.00 bits per heavy atom. The molecule has 0 spiro atoms. The SMILES string of the molecule is CC(C)c1ccc(CN(C)CC2CCCN2)cc1. The molecule has 1 unspecified atom stereocenters. The van der Waals surface area contributed by atoms with Gasteiger partial charge in [-0.05, 0) is 43.5 Å². The molecule has 1 aliphatic heterocycles. The van der Waals surface area contributed by atoms with Gasteiger partial charge in [0.1, 0.15) is 0 Å². The summed E-state index contributed by atoms with van der Waals surface area (Å²) in [6.45, 7) is 7.89. The average molecular weight is 246 g/mol. The number of rotatable bonds is 5. The highest BCUT2D eigenvalue weighted by molar-refractivity contribution is 5.24. The summed E-state index contributed by atoms with van der Waals surface area (Å²) in [5.74, 6) is 0.625. The fourth-order valence-electron chi connectivity index (χ4n) is 2.67. The summed E-state index contributed by atoms with van der Waals surface area (Å²) in [4.78, 5) is 2.42. The van der Waals surface area contributed by atoms with Crippen molar-refractivity contribution in [2.75, 3.05) is 20.1 Å². The number of nitrogens with one attached hydrogen (secondary N) is 1. The zero-order chi connectivity index (χ0) is 13.0. The molecule has 0 radical (unpaired) electrons. The van der Waals surface area contributed by atoms with E-state index in [1.54, 1.807) is 0 Å². The highest BCUT2D eigenvalue weighted by atomic mass is 15.1. The van der Waals surface area contributed by atoms with E-state index in [0.717, 1.165) is 13.1 Å². The molecule has 1 heterocycles. The largest absolute Gasteiger partial charge is 0.313 e. The second-order valence-corrected chi connectivity index (χ2v) is 5.89. The standard InChI is InChI=1S/C16H26N2/c1-13(2)15-8-6-14(7-9-15)11-18(3)12-16-5-4-10-17-16/h6-9,13,16-17H,4-5,10-12H2,1-3H3. The van der Waals surface area contributed by atoms with Gasteiger partial charge in [0.15, 0.2) is 0 Å². The van der Waals surface area contributed by atoms with E-state index in [0.29, 0.717) is 12.0 Å². The Labute approximate surface area is 111 Å². The molecule has 1 N–H and O–H groups in total. The third-order valence-corrected chi connectivity index (χ3v) is 3.79. The van der Waals surface area contributed by atoms with Crippen LogP contribution in [0, 0.1) is 0 Å². The average Bonchev–Trinajstić information content (AvgIpc) is 2.82. The lowest BCUT2D eigenvalue weighted by Gasteiger charge is -2.21. The van der Waals surface area contributed by atoms with Gasteiger partial charge in [-0.3, -0.25) is 0 Å².